The van der Waals surface area contributed by atoms with Gasteiger partial charge in [0.25, 0.3) is 5.91 Å². The number of halogens is 2. The first-order valence-electron chi connectivity index (χ1n) is 8.06. The summed E-state index contributed by atoms with van der Waals surface area (Å²) in [5.74, 6) is -4.61. The molecule has 146 valence electrons. The molecular weight excluding hydrogens is 374 g/mol. The summed E-state index contributed by atoms with van der Waals surface area (Å²) < 4.78 is 32.1. The summed E-state index contributed by atoms with van der Waals surface area (Å²) in [5, 5.41) is 4.53. The van der Waals surface area contributed by atoms with Crippen LogP contribution in [0, 0.1) is 11.6 Å². The van der Waals surface area contributed by atoms with Gasteiger partial charge in [-0.15, -0.1) is 0 Å². The van der Waals surface area contributed by atoms with Gasteiger partial charge in [-0.1, -0.05) is 12.1 Å². The van der Waals surface area contributed by atoms with Crippen LogP contribution in [0.5, 0.6) is 0 Å². The SMILES string of the molecule is CC(=O)Nc1ccc(C(=O)COC(=O)CNC(=O)c2ccccc2F)c(F)c1. The minimum atomic E-state index is -0.951. The van der Waals surface area contributed by atoms with Gasteiger partial charge in [-0.3, -0.25) is 19.2 Å². The van der Waals surface area contributed by atoms with E-state index < -0.39 is 48.4 Å². The lowest BCUT2D eigenvalue weighted by Gasteiger charge is -2.08. The Labute approximate surface area is 158 Å². The molecule has 0 aliphatic rings. The molecule has 0 unspecified atom stereocenters. The fraction of sp³-hybridized carbons (Fsp3) is 0.158. The molecule has 0 atom stereocenters. The average Bonchev–Trinajstić information content (AvgIpc) is 2.64. The van der Waals surface area contributed by atoms with Crippen LogP contribution in [0.15, 0.2) is 42.5 Å². The summed E-state index contributed by atoms with van der Waals surface area (Å²) in [6.07, 6.45) is 0. The molecule has 9 heteroatoms. The van der Waals surface area contributed by atoms with E-state index in [2.05, 4.69) is 10.6 Å². The number of rotatable bonds is 7. The van der Waals surface area contributed by atoms with Gasteiger partial charge in [0.15, 0.2) is 6.61 Å². The summed E-state index contributed by atoms with van der Waals surface area (Å²) in [5.41, 5.74) is -0.389. The maximum atomic E-state index is 13.9. The van der Waals surface area contributed by atoms with E-state index in [1.165, 1.54) is 31.2 Å². The molecule has 7 nitrogen and oxygen atoms in total. The van der Waals surface area contributed by atoms with E-state index >= 15 is 0 Å². The highest BCUT2D eigenvalue weighted by atomic mass is 19.1. The largest absolute Gasteiger partial charge is 0.456 e. The Kier molecular flexibility index (Phi) is 6.91. The fourth-order valence-electron chi connectivity index (χ4n) is 2.19. The van der Waals surface area contributed by atoms with Crippen molar-refractivity contribution >= 4 is 29.3 Å². The summed E-state index contributed by atoms with van der Waals surface area (Å²) in [6.45, 7) is -0.0867. The number of nitrogens with one attached hydrogen (secondary N) is 2. The molecular formula is C19H16F2N2O5. The third-order valence-electron chi connectivity index (χ3n) is 3.47. The molecule has 0 saturated heterocycles. The van der Waals surface area contributed by atoms with Gasteiger partial charge in [0.2, 0.25) is 11.7 Å². The first-order chi connectivity index (χ1) is 13.3. The highest BCUT2D eigenvalue weighted by Crippen LogP contribution is 2.15. The highest BCUT2D eigenvalue weighted by Gasteiger charge is 2.16. The number of amides is 2. The number of anilines is 1. The van der Waals surface area contributed by atoms with Crippen molar-refractivity contribution in [1.82, 2.24) is 5.32 Å². The van der Waals surface area contributed by atoms with Crippen LogP contribution in [0.25, 0.3) is 0 Å². The van der Waals surface area contributed by atoms with E-state index in [1.807, 2.05) is 0 Å². The summed E-state index contributed by atoms with van der Waals surface area (Å²) in [6, 6.07) is 8.65. The standard InChI is InChI=1S/C19H16F2N2O5/c1-11(24)23-12-6-7-13(16(21)8-12)17(25)10-28-18(26)9-22-19(27)14-4-2-3-5-15(14)20/h2-8H,9-10H2,1H3,(H,22,27)(H,23,24). The zero-order valence-corrected chi connectivity index (χ0v) is 14.8. The van der Waals surface area contributed by atoms with Crippen LogP contribution in [0.4, 0.5) is 14.5 Å². The Bertz CT molecular complexity index is 930. The second-order valence-electron chi connectivity index (χ2n) is 5.62. The number of hydrogen-bond acceptors (Lipinski definition) is 5. The third kappa shape index (κ3) is 5.70. The fourth-order valence-corrected chi connectivity index (χ4v) is 2.19. The Balaban J connectivity index is 1.85. The quantitative estimate of drug-likeness (QED) is 0.557. The molecule has 0 saturated carbocycles. The number of esters is 1. The molecule has 0 bridgehead atoms. The van der Waals surface area contributed by atoms with Crippen LogP contribution in [-0.4, -0.2) is 36.7 Å². The molecule has 2 rings (SSSR count). The van der Waals surface area contributed by atoms with Gasteiger partial charge in [0.1, 0.15) is 18.2 Å². The molecule has 0 aliphatic heterocycles. The molecule has 2 aromatic carbocycles. The minimum Gasteiger partial charge on any atom is -0.456 e. The molecule has 0 heterocycles. The maximum Gasteiger partial charge on any atom is 0.325 e. The second-order valence-corrected chi connectivity index (χ2v) is 5.62. The number of benzene rings is 2. The number of carbonyl (C=O) groups excluding carboxylic acids is 4. The smallest absolute Gasteiger partial charge is 0.325 e. The lowest BCUT2D eigenvalue weighted by Crippen LogP contribution is -2.32. The monoisotopic (exact) mass is 390 g/mol. The van der Waals surface area contributed by atoms with E-state index in [1.54, 1.807) is 0 Å². The van der Waals surface area contributed by atoms with Crippen molar-refractivity contribution in [3.63, 3.8) is 0 Å². The molecule has 0 radical (unpaired) electrons. The number of hydrogen-bond donors (Lipinski definition) is 2. The highest BCUT2D eigenvalue weighted by molar-refractivity contribution is 5.99. The van der Waals surface area contributed by atoms with Crippen molar-refractivity contribution in [2.45, 2.75) is 6.92 Å². The number of ketones is 1. The van der Waals surface area contributed by atoms with Crippen molar-refractivity contribution in [1.29, 1.82) is 0 Å². The van der Waals surface area contributed by atoms with Crippen LogP contribution in [-0.2, 0) is 14.3 Å². The topological polar surface area (TPSA) is 102 Å². The second kappa shape index (κ2) is 9.36. The minimum absolute atomic E-state index is 0.175. The van der Waals surface area contributed by atoms with Gasteiger partial charge >= 0.3 is 5.97 Å². The van der Waals surface area contributed by atoms with Crippen molar-refractivity contribution in [2.24, 2.45) is 0 Å². The Morgan fingerprint density at radius 3 is 2.32 bits per heavy atom. The molecule has 0 aliphatic carbocycles. The summed E-state index contributed by atoms with van der Waals surface area (Å²) >= 11 is 0. The maximum absolute atomic E-state index is 13.9. The molecule has 2 aromatic rings. The van der Waals surface area contributed by atoms with Gasteiger partial charge in [0, 0.05) is 12.6 Å². The van der Waals surface area contributed by atoms with E-state index in [9.17, 15) is 28.0 Å². The van der Waals surface area contributed by atoms with E-state index in [4.69, 9.17) is 4.74 Å². The van der Waals surface area contributed by atoms with Crippen LogP contribution in [0.2, 0.25) is 0 Å². The number of ether oxygens (including phenoxy) is 1. The Hall–Kier alpha value is -3.62. The Morgan fingerprint density at radius 1 is 0.964 bits per heavy atom. The summed E-state index contributed by atoms with van der Waals surface area (Å²) in [7, 11) is 0. The predicted octanol–water partition coefficient (Wildman–Crippen LogP) is 2.08. The van der Waals surface area contributed by atoms with E-state index in [0.29, 0.717) is 0 Å². The van der Waals surface area contributed by atoms with Gasteiger partial charge in [-0.25, -0.2) is 8.78 Å². The first kappa shape index (κ1) is 20.7. The summed E-state index contributed by atoms with van der Waals surface area (Å²) in [4.78, 5) is 46.3. The molecule has 2 N–H and O–H groups in total. The Morgan fingerprint density at radius 2 is 1.68 bits per heavy atom. The van der Waals surface area contributed by atoms with Crippen LogP contribution < -0.4 is 10.6 Å². The zero-order valence-electron chi connectivity index (χ0n) is 14.8. The van der Waals surface area contributed by atoms with Crippen LogP contribution in [0.1, 0.15) is 27.6 Å². The van der Waals surface area contributed by atoms with Gasteiger partial charge in [0.05, 0.1) is 11.1 Å². The van der Waals surface area contributed by atoms with Crippen molar-refractivity contribution in [3.8, 4) is 0 Å². The van der Waals surface area contributed by atoms with Crippen LogP contribution >= 0.6 is 0 Å². The molecule has 0 spiro atoms. The zero-order chi connectivity index (χ0) is 20.7. The molecule has 0 fully saturated rings. The van der Waals surface area contributed by atoms with Crippen molar-refractivity contribution in [3.05, 3.63) is 65.2 Å². The van der Waals surface area contributed by atoms with E-state index in [-0.39, 0.29) is 16.8 Å². The van der Waals surface area contributed by atoms with Crippen molar-refractivity contribution in [2.75, 3.05) is 18.5 Å². The number of Topliss-reactive ketones (excluding diaryl/α,β-unsaturated/α-hetero) is 1. The van der Waals surface area contributed by atoms with Crippen LogP contribution in [0.3, 0.4) is 0 Å². The molecule has 28 heavy (non-hydrogen) atoms. The molecule has 0 aromatic heterocycles. The normalized spacial score (nSPS) is 10.1. The van der Waals surface area contributed by atoms with Crippen molar-refractivity contribution < 1.29 is 32.7 Å². The number of carbonyl (C=O) groups is 4. The van der Waals surface area contributed by atoms with Gasteiger partial charge < -0.3 is 15.4 Å². The lowest BCUT2D eigenvalue weighted by molar-refractivity contribution is -0.141. The third-order valence-corrected chi connectivity index (χ3v) is 3.47. The first-order valence-corrected chi connectivity index (χ1v) is 8.06. The molecule has 2 amide bonds. The predicted molar refractivity (Wildman–Crippen MR) is 94.7 cm³/mol. The van der Waals surface area contributed by atoms with E-state index in [0.717, 1.165) is 18.2 Å². The van der Waals surface area contributed by atoms with Gasteiger partial charge in [-0.05, 0) is 30.3 Å². The van der Waals surface area contributed by atoms with Gasteiger partial charge in [-0.2, -0.15) is 0 Å². The lowest BCUT2D eigenvalue weighted by atomic mass is 10.1. The average molecular weight is 390 g/mol.